The number of rotatable bonds is 4. The summed E-state index contributed by atoms with van der Waals surface area (Å²) in [6, 6.07) is 0. The fraction of sp³-hybridized carbons (Fsp3) is 0.800. The summed E-state index contributed by atoms with van der Waals surface area (Å²) in [4.78, 5) is 0. The minimum Gasteiger partial charge on any atom is -0.390 e. The van der Waals surface area contributed by atoms with E-state index in [0.29, 0.717) is 11.7 Å². The molecule has 0 bridgehead atoms. The molecule has 0 aromatic carbocycles. The zero-order valence-corrected chi connectivity index (χ0v) is 10.2. The van der Waals surface area contributed by atoms with E-state index in [2.05, 4.69) is 10.2 Å². The second kappa shape index (κ2) is 3.79. The summed E-state index contributed by atoms with van der Waals surface area (Å²) in [5, 5.41) is 18.9. The van der Waals surface area contributed by atoms with Gasteiger partial charge in [-0.15, -0.1) is 10.2 Å². The number of thioether (sulfide) groups is 1. The van der Waals surface area contributed by atoms with E-state index < -0.39 is 5.60 Å². The molecule has 0 atom stereocenters. The van der Waals surface area contributed by atoms with Gasteiger partial charge >= 0.3 is 0 Å². The molecule has 0 saturated heterocycles. The predicted molar refractivity (Wildman–Crippen MR) is 60.0 cm³/mol. The van der Waals surface area contributed by atoms with Gasteiger partial charge in [0.15, 0.2) is 5.16 Å². The first kappa shape index (κ1) is 11.0. The van der Waals surface area contributed by atoms with E-state index in [1.165, 1.54) is 12.8 Å². The van der Waals surface area contributed by atoms with Crippen LogP contribution < -0.4 is 0 Å². The lowest BCUT2D eigenvalue weighted by atomic mass is 10.2. The Morgan fingerprint density at radius 2 is 2.13 bits per heavy atom. The zero-order chi connectivity index (χ0) is 11.1. The van der Waals surface area contributed by atoms with Crippen molar-refractivity contribution in [3.05, 3.63) is 5.82 Å². The topological polar surface area (TPSA) is 50.9 Å². The fourth-order valence-electron chi connectivity index (χ4n) is 1.39. The van der Waals surface area contributed by atoms with Crippen LogP contribution in [0.15, 0.2) is 5.16 Å². The first-order valence-electron chi connectivity index (χ1n) is 5.22. The van der Waals surface area contributed by atoms with E-state index in [9.17, 15) is 5.11 Å². The largest absolute Gasteiger partial charge is 0.390 e. The highest BCUT2D eigenvalue weighted by molar-refractivity contribution is 7.99. The van der Waals surface area contributed by atoms with Crippen LogP contribution in [0, 0.1) is 0 Å². The molecule has 1 aliphatic carbocycles. The molecule has 1 aromatic rings. The molecule has 1 N–H and O–H groups in total. The Hall–Kier alpha value is -0.550. The van der Waals surface area contributed by atoms with Gasteiger partial charge in [0.1, 0.15) is 5.82 Å². The summed E-state index contributed by atoms with van der Waals surface area (Å²) >= 11 is 1.56. The van der Waals surface area contributed by atoms with Crippen LogP contribution in [0.4, 0.5) is 0 Å². The van der Waals surface area contributed by atoms with Gasteiger partial charge in [0.25, 0.3) is 0 Å². The normalized spacial score (nSPS) is 17.1. The second-order valence-electron chi connectivity index (χ2n) is 4.78. The summed E-state index contributed by atoms with van der Waals surface area (Å²) < 4.78 is 2.05. The number of aromatic nitrogens is 3. The average Bonchev–Trinajstić information content (AvgIpc) is 2.88. The molecule has 0 radical (unpaired) electrons. The van der Waals surface area contributed by atoms with Gasteiger partial charge in [-0.05, 0) is 26.7 Å². The lowest BCUT2D eigenvalue weighted by Crippen LogP contribution is -2.22. The summed E-state index contributed by atoms with van der Waals surface area (Å²) in [5.41, 5.74) is -0.656. The van der Waals surface area contributed by atoms with Gasteiger partial charge in [-0.1, -0.05) is 11.8 Å². The monoisotopic (exact) mass is 227 g/mol. The van der Waals surface area contributed by atoms with Crippen LogP contribution in [0.3, 0.4) is 0 Å². The molecule has 4 nitrogen and oxygen atoms in total. The molecule has 0 unspecified atom stereocenters. The summed E-state index contributed by atoms with van der Waals surface area (Å²) in [6.45, 7) is 3.61. The number of hydrogen-bond donors (Lipinski definition) is 1. The van der Waals surface area contributed by atoms with Crippen molar-refractivity contribution in [3.8, 4) is 0 Å². The number of nitrogens with zero attached hydrogens (tertiary/aromatic N) is 3. The minimum absolute atomic E-state index is 0.624. The van der Waals surface area contributed by atoms with E-state index in [4.69, 9.17) is 0 Å². The van der Waals surface area contributed by atoms with E-state index in [1.54, 1.807) is 25.6 Å². The molecule has 5 heteroatoms. The molecular weight excluding hydrogens is 210 g/mol. The van der Waals surface area contributed by atoms with E-state index >= 15 is 0 Å². The maximum atomic E-state index is 9.62. The van der Waals surface area contributed by atoms with Crippen molar-refractivity contribution in [2.75, 3.05) is 5.75 Å². The van der Waals surface area contributed by atoms with Gasteiger partial charge in [-0.3, -0.25) is 0 Å². The fourth-order valence-corrected chi connectivity index (χ4v) is 2.26. The van der Waals surface area contributed by atoms with Crippen molar-refractivity contribution in [3.63, 3.8) is 0 Å². The third-order valence-electron chi connectivity index (χ3n) is 2.37. The van der Waals surface area contributed by atoms with Crippen LogP contribution in [0.1, 0.15) is 38.4 Å². The van der Waals surface area contributed by atoms with Gasteiger partial charge in [0, 0.05) is 18.7 Å². The highest BCUT2D eigenvalue weighted by Gasteiger charge is 2.29. The highest BCUT2D eigenvalue weighted by atomic mass is 32.2. The number of aliphatic hydroxyl groups is 1. The molecule has 0 spiro atoms. The van der Waals surface area contributed by atoms with Crippen molar-refractivity contribution in [1.82, 2.24) is 14.8 Å². The number of hydrogen-bond acceptors (Lipinski definition) is 4. The molecule has 1 fully saturated rings. The molecule has 0 amide bonds. The Balaban J connectivity index is 2.02. The third-order valence-corrected chi connectivity index (χ3v) is 3.83. The summed E-state index contributed by atoms with van der Waals surface area (Å²) in [6.07, 6.45) is 2.48. The molecule has 84 valence electrons. The Kier molecular flexibility index (Phi) is 2.77. The molecule has 2 rings (SSSR count). The summed E-state index contributed by atoms with van der Waals surface area (Å²) in [5.74, 6) is 2.36. The first-order chi connectivity index (χ1) is 6.97. The van der Waals surface area contributed by atoms with Crippen molar-refractivity contribution in [1.29, 1.82) is 0 Å². The molecule has 1 saturated carbocycles. The SMILES string of the molecule is Cn1c(SCC(C)(C)O)nnc1C1CC1. The maximum absolute atomic E-state index is 9.62. The van der Waals surface area contributed by atoms with Gasteiger partial charge in [-0.25, -0.2) is 0 Å². The first-order valence-corrected chi connectivity index (χ1v) is 6.20. The van der Waals surface area contributed by atoms with Crippen LogP contribution in [0.2, 0.25) is 0 Å². The molecule has 1 heterocycles. The Labute approximate surface area is 94.1 Å². The summed E-state index contributed by atoms with van der Waals surface area (Å²) in [7, 11) is 2.00. The molecule has 1 aliphatic rings. The van der Waals surface area contributed by atoms with E-state index in [0.717, 1.165) is 11.0 Å². The molecule has 0 aliphatic heterocycles. The van der Waals surface area contributed by atoms with Crippen molar-refractivity contribution in [2.24, 2.45) is 7.05 Å². The minimum atomic E-state index is -0.656. The standard InChI is InChI=1S/C10H17N3OS/c1-10(2,14)6-15-9-12-11-8(13(9)3)7-4-5-7/h7,14H,4-6H2,1-3H3. The van der Waals surface area contributed by atoms with Crippen molar-refractivity contribution < 1.29 is 5.11 Å². The van der Waals surface area contributed by atoms with Crippen LogP contribution in [0.25, 0.3) is 0 Å². The molecule has 1 aromatic heterocycles. The second-order valence-corrected chi connectivity index (χ2v) is 5.72. The highest BCUT2D eigenvalue weighted by Crippen LogP contribution is 2.39. The van der Waals surface area contributed by atoms with Gasteiger partial charge in [0.2, 0.25) is 0 Å². The smallest absolute Gasteiger partial charge is 0.191 e. The quantitative estimate of drug-likeness (QED) is 0.793. The molecule has 15 heavy (non-hydrogen) atoms. The van der Waals surface area contributed by atoms with E-state index in [1.807, 2.05) is 11.6 Å². The van der Waals surface area contributed by atoms with Gasteiger partial charge in [-0.2, -0.15) is 0 Å². The zero-order valence-electron chi connectivity index (χ0n) is 9.40. The average molecular weight is 227 g/mol. The van der Waals surface area contributed by atoms with Crippen LogP contribution >= 0.6 is 11.8 Å². The van der Waals surface area contributed by atoms with Gasteiger partial charge in [0.05, 0.1) is 5.60 Å². The lowest BCUT2D eigenvalue weighted by Gasteiger charge is -2.15. The van der Waals surface area contributed by atoms with Crippen molar-refractivity contribution in [2.45, 2.75) is 43.4 Å². The predicted octanol–water partition coefficient (Wildman–Crippen LogP) is 1.56. The Morgan fingerprint density at radius 1 is 1.47 bits per heavy atom. The third kappa shape index (κ3) is 2.72. The van der Waals surface area contributed by atoms with Gasteiger partial charge < -0.3 is 9.67 Å². The van der Waals surface area contributed by atoms with E-state index in [-0.39, 0.29) is 0 Å². The van der Waals surface area contributed by atoms with Crippen molar-refractivity contribution >= 4 is 11.8 Å². The van der Waals surface area contributed by atoms with Crippen LogP contribution in [-0.4, -0.2) is 31.2 Å². The lowest BCUT2D eigenvalue weighted by molar-refractivity contribution is 0.107. The Morgan fingerprint density at radius 3 is 2.67 bits per heavy atom. The maximum Gasteiger partial charge on any atom is 0.191 e. The Bertz CT molecular complexity index is 352. The molecular formula is C10H17N3OS. The van der Waals surface area contributed by atoms with Crippen LogP contribution in [-0.2, 0) is 7.05 Å². The van der Waals surface area contributed by atoms with Crippen LogP contribution in [0.5, 0.6) is 0 Å².